The molecular formula is C9H12ClNS. The van der Waals surface area contributed by atoms with Gasteiger partial charge in [-0.25, -0.2) is 0 Å². The van der Waals surface area contributed by atoms with Crippen LogP contribution in [0.1, 0.15) is 12.5 Å². The topological polar surface area (TPSA) is 26.0 Å². The summed E-state index contributed by atoms with van der Waals surface area (Å²) in [5.41, 5.74) is 6.74. The van der Waals surface area contributed by atoms with Crippen molar-refractivity contribution in [2.75, 3.05) is 0 Å². The molecular weight excluding hydrogens is 190 g/mol. The van der Waals surface area contributed by atoms with Gasteiger partial charge >= 0.3 is 0 Å². The van der Waals surface area contributed by atoms with Crippen LogP contribution in [-0.4, -0.2) is 5.37 Å². The summed E-state index contributed by atoms with van der Waals surface area (Å²) < 4.78 is 0. The van der Waals surface area contributed by atoms with E-state index in [1.807, 2.05) is 26.0 Å². The van der Waals surface area contributed by atoms with Crippen LogP contribution in [-0.2, 0) is 0 Å². The second-order valence-corrected chi connectivity index (χ2v) is 4.59. The molecule has 0 aliphatic carbocycles. The molecule has 2 N–H and O–H groups in total. The molecule has 12 heavy (non-hydrogen) atoms. The Labute approximate surface area is 82.3 Å². The summed E-state index contributed by atoms with van der Waals surface area (Å²) in [6, 6.07) is 5.95. The summed E-state index contributed by atoms with van der Waals surface area (Å²) in [7, 11) is 0. The fourth-order valence-electron chi connectivity index (χ4n) is 0.905. The number of thioether (sulfide) groups is 1. The fraction of sp³-hybridized carbons (Fsp3) is 0.333. The molecule has 1 unspecified atom stereocenters. The highest BCUT2D eigenvalue weighted by Crippen LogP contribution is 2.25. The third kappa shape index (κ3) is 2.70. The lowest BCUT2D eigenvalue weighted by Gasteiger charge is -2.06. The van der Waals surface area contributed by atoms with E-state index >= 15 is 0 Å². The summed E-state index contributed by atoms with van der Waals surface area (Å²) in [5, 5.41) is 0.939. The molecule has 0 aromatic heterocycles. The van der Waals surface area contributed by atoms with Crippen LogP contribution < -0.4 is 5.73 Å². The molecule has 1 atom stereocenters. The van der Waals surface area contributed by atoms with Crippen molar-refractivity contribution in [3.05, 3.63) is 28.8 Å². The number of hydrogen-bond donors (Lipinski definition) is 1. The Hall–Kier alpha value is -0.180. The maximum atomic E-state index is 5.88. The van der Waals surface area contributed by atoms with E-state index in [-0.39, 0.29) is 5.37 Å². The Morgan fingerprint density at radius 2 is 2.17 bits per heavy atom. The van der Waals surface area contributed by atoms with E-state index in [4.69, 9.17) is 17.3 Å². The molecule has 0 spiro atoms. The van der Waals surface area contributed by atoms with Crippen molar-refractivity contribution >= 4 is 23.4 Å². The van der Waals surface area contributed by atoms with Gasteiger partial charge < -0.3 is 5.73 Å². The Balaban J connectivity index is 2.82. The molecule has 0 bridgehead atoms. The number of halogens is 1. The molecule has 0 saturated carbocycles. The predicted molar refractivity (Wildman–Crippen MR) is 55.7 cm³/mol. The lowest BCUT2D eigenvalue weighted by molar-refractivity contribution is 1.04. The average Bonchev–Trinajstić information content (AvgIpc) is 1.96. The standard InChI is InChI=1S/C9H12ClNS/c1-6-5-8(12-7(2)11)3-4-9(6)10/h3-5,7H,11H2,1-2H3. The first-order chi connectivity index (χ1) is 5.59. The van der Waals surface area contributed by atoms with Crippen molar-refractivity contribution in [3.8, 4) is 0 Å². The molecule has 1 nitrogen and oxygen atoms in total. The molecule has 0 amide bonds. The minimum absolute atomic E-state index is 0.130. The lowest BCUT2D eigenvalue weighted by atomic mass is 10.2. The number of hydrogen-bond acceptors (Lipinski definition) is 2. The van der Waals surface area contributed by atoms with E-state index < -0.39 is 0 Å². The zero-order valence-electron chi connectivity index (χ0n) is 7.17. The molecule has 0 aliphatic heterocycles. The molecule has 1 aromatic carbocycles. The van der Waals surface area contributed by atoms with Crippen molar-refractivity contribution in [2.45, 2.75) is 24.1 Å². The van der Waals surface area contributed by atoms with E-state index in [0.717, 1.165) is 10.6 Å². The van der Waals surface area contributed by atoms with Gasteiger partial charge in [-0.3, -0.25) is 0 Å². The van der Waals surface area contributed by atoms with Crippen LogP contribution in [0.4, 0.5) is 0 Å². The molecule has 1 aromatic rings. The first-order valence-electron chi connectivity index (χ1n) is 3.78. The molecule has 0 saturated heterocycles. The smallest absolute Gasteiger partial charge is 0.0525 e. The van der Waals surface area contributed by atoms with Crippen LogP contribution >= 0.6 is 23.4 Å². The van der Waals surface area contributed by atoms with Crippen LogP contribution in [0.5, 0.6) is 0 Å². The average molecular weight is 202 g/mol. The first-order valence-corrected chi connectivity index (χ1v) is 5.04. The fourth-order valence-corrected chi connectivity index (χ4v) is 1.84. The van der Waals surface area contributed by atoms with Crippen LogP contribution in [0.15, 0.2) is 23.1 Å². The second-order valence-electron chi connectivity index (χ2n) is 2.73. The summed E-state index contributed by atoms with van der Waals surface area (Å²) in [6.45, 7) is 3.96. The summed E-state index contributed by atoms with van der Waals surface area (Å²) in [5.74, 6) is 0. The minimum atomic E-state index is 0.130. The Morgan fingerprint density at radius 3 is 2.67 bits per heavy atom. The van der Waals surface area contributed by atoms with Gasteiger partial charge in [-0.05, 0) is 37.6 Å². The first kappa shape index (κ1) is 9.90. The molecule has 66 valence electrons. The monoisotopic (exact) mass is 201 g/mol. The van der Waals surface area contributed by atoms with Gasteiger partial charge in [0.2, 0.25) is 0 Å². The van der Waals surface area contributed by atoms with Gasteiger partial charge in [0.25, 0.3) is 0 Å². The third-order valence-corrected chi connectivity index (χ3v) is 2.77. The molecule has 0 heterocycles. The third-order valence-electron chi connectivity index (χ3n) is 1.45. The van der Waals surface area contributed by atoms with Gasteiger partial charge in [0.15, 0.2) is 0 Å². The van der Waals surface area contributed by atoms with E-state index in [2.05, 4.69) is 6.07 Å². The lowest BCUT2D eigenvalue weighted by Crippen LogP contribution is -2.08. The zero-order valence-corrected chi connectivity index (χ0v) is 8.75. The minimum Gasteiger partial charge on any atom is -0.319 e. The van der Waals surface area contributed by atoms with Crippen LogP contribution in [0.25, 0.3) is 0 Å². The highest BCUT2D eigenvalue weighted by Gasteiger charge is 2.00. The van der Waals surface area contributed by atoms with Gasteiger partial charge in [-0.1, -0.05) is 11.6 Å². The second kappa shape index (κ2) is 4.17. The molecule has 3 heteroatoms. The van der Waals surface area contributed by atoms with E-state index in [0.29, 0.717) is 0 Å². The van der Waals surface area contributed by atoms with Gasteiger partial charge in [0, 0.05) is 9.92 Å². The maximum Gasteiger partial charge on any atom is 0.0525 e. The van der Waals surface area contributed by atoms with Crippen molar-refractivity contribution in [3.63, 3.8) is 0 Å². The molecule has 0 radical (unpaired) electrons. The molecule has 0 fully saturated rings. The molecule has 0 aliphatic rings. The number of aryl methyl sites for hydroxylation is 1. The SMILES string of the molecule is Cc1cc(SC(C)N)ccc1Cl. The van der Waals surface area contributed by atoms with Crippen molar-refractivity contribution in [2.24, 2.45) is 5.73 Å². The van der Waals surface area contributed by atoms with E-state index in [1.54, 1.807) is 11.8 Å². The zero-order chi connectivity index (χ0) is 9.14. The van der Waals surface area contributed by atoms with Crippen molar-refractivity contribution in [1.29, 1.82) is 0 Å². The summed E-state index contributed by atoms with van der Waals surface area (Å²) in [6.07, 6.45) is 0. The largest absolute Gasteiger partial charge is 0.319 e. The predicted octanol–water partition coefficient (Wildman–Crippen LogP) is 3.05. The highest BCUT2D eigenvalue weighted by molar-refractivity contribution is 7.99. The Bertz CT molecular complexity index is 273. The van der Waals surface area contributed by atoms with Crippen molar-refractivity contribution in [1.82, 2.24) is 0 Å². The highest BCUT2D eigenvalue weighted by atomic mass is 35.5. The van der Waals surface area contributed by atoms with E-state index in [1.165, 1.54) is 4.90 Å². The number of rotatable bonds is 2. The van der Waals surface area contributed by atoms with E-state index in [9.17, 15) is 0 Å². The quantitative estimate of drug-likeness (QED) is 0.588. The summed E-state index contributed by atoms with van der Waals surface area (Å²) in [4.78, 5) is 1.17. The van der Waals surface area contributed by atoms with Gasteiger partial charge in [-0.15, -0.1) is 11.8 Å². The van der Waals surface area contributed by atoms with Crippen LogP contribution in [0.3, 0.4) is 0 Å². The summed E-state index contributed by atoms with van der Waals surface area (Å²) >= 11 is 7.52. The van der Waals surface area contributed by atoms with Crippen LogP contribution in [0.2, 0.25) is 5.02 Å². The van der Waals surface area contributed by atoms with Gasteiger partial charge in [0.1, 0.15) is 0 Å². The number of benzene rings is 1. The van der Waals surface area contributed by atoms with Crippen LogP contribution in [0, 0.1) is 6.92 Å². The number of nitrogens with two attached hydrogens (primary N) is 1. The normalized spacial score (nSPS) is 13.0. The van der Waals surface area contributed by atoms with Gasteiger partial charge in [0.05, 0.1) is 5.37 Å². The maximum absolute atomic E-state index is 5.88. The van der Waals surface area contributed by atoms with Crippen molar-refractivity contribution < 1.29 is 0 Å². The van der Waals surface area contributed by atoms with Gasteiger partial charge in [-0.2, -0.15) is 0 Å². The Morgan fingerprint density at radius 1 is 1.50 bits per heavy atom. The Kier molecular flexibility index (Phi) is 3.44. The molecule has 1 rings (SSSR count).